The smallest absolute Gasteiger partial charge is 0.390 e. The topological polar surface area (TPSA) is 93.0 Å². The lowest BCUT2D eigenvalue weighted by Gasteiger charge is -2.15. The molecular weight excluding hydrogens is 365 g/mol. The Morgan fingerprint density at radius 1 is 1.30 bits per heavy atom. The molecule has 0 radical (unpaired) electrons. The summed E-state index contributed by atoms with van der Waals surface area (Å²) < 4.78 is 44.7. The third kappa shape index (κ3) is 3.58. The number of hydrogen-bond donors (Lipinski definition) is 2. The van der Waals surface area contributed by atoms with Crippen LogP contribution in [0.2, 0.25) is 0 Å². The largest absolute Gasteiger partial charge is 0.416 e. The summed E-state index contributed by atoms with van der Waals surface area (Å²) in [5, 5.41) is 13.9. The van der Waals surface area contributed by atoms with Crippen LogP contribution in [0.25, 0.3) is 11.0 Å². The third-order valence-electron chi connectivity index (χ3n) is 4.20. The van der Waals surface area contributed by atoms with Crippen molar-refractivity contribution in [3.63, 3.8) is 0 Å². The van der Waals surface area contributed by atoms with E-state index in [0.29, 0.717) is 5.56 Å². The fourth-order valence-corrected chi connectivity index (χ4v) is 2.84. The van der Waals surface area contributed by atoms with Crippen LogP contribution in [-0.2, 0) is 24.1 Å². The Bertz CT molecular complexity index is 1010. The van der Waals surface area contributed by atoms with Crippen LogP contribution >= 0.6 is 0 Å². The Morgan fingerprint density at radius 2 is 1.96 bits per heavy atom. The summed E-state index contributed by atoms with van der Waals surface area (Å²) in [4.78, 5) is 19.2. The van der Waals surface area contributed by atoms with Gasteiger partial charge in [-0.3, -0.25) is 4.79 Å². The first kappa shape index (κ1) is 19.1. The van der Waals surface area contributed by atoms with Gasteiger partial charge in [0.05, 0.1) is 18.2 Å². The molecule has 7 nitrogen and oxygen atoms in total. The molecule has 144 valence electrons. The van der Waals surface area contributed by atoms with E-state index in [4.69, 9.17) is 4.74 Å². The van der Waals surface area contributed by atoms with Crippen molar-refractivity contribution < 1.29 is 23.0 Å². The van der Waals surface area contributed by atoms with Crippen molar-refractivity contribution in [3.05, 3.63) is 57.3 Å². The van der Waals surface area contributed by atoms with Crippen molar-refractivity contribution in [2.45, 2.75) is 32.4 Å². The zero-order valence-electron chi connectivity index (χ0n) is 14.5. The zero-order chi connectivity index (χ0) is 19.8. The molecular formula is C17H17F3N4O3. The molecule has 0 aliphatic carbocycles. The minimum atomic E-state index is -4.42. The van der Waals surface area contributed by atoms with Gasteiger partial charge in [0, 0.05) is 7.11 Å². The summed E-state index contributed by atoms with van der Waals surface area (Å²) in [6.45, 7) is 1.31. The summed E-state index contributed by atoms with van der Waals surface area (Å²) >= 11 is 0. The number of rotatable bonds is 5. The molecule has 2 aromatic heterocycles. The van der Waals surface area contributed by atoms with Crippen molar-refractivity contribution in [1.82, 2.24) is 19.7 Å². The number of aliphatic hydroxyl groups excluding tert-OH is 1. The van der Waals surface area contributed by atoms with Gasteiger partial charge in [0.1, 0.15) is 23.5 Å². The van der Waals surface area contributed by atoms with Crippen molar-refractivity contribution in [3.8, 4) is 0 Å². The molecule has 10 heteroatoms. The summed E-state index contributed by atoms with van der Waals surface area (Å²) in [5.74, 6) is 0.278. The molecule has 0 unspecified atom stereocenters. The Kier molecular flexibility index (Phi) is 5.03. The number of aromatic nitrogens is 4. The van der Waals surface area contributed by atoms with E-state index in [1.165, 1.54) is 23.9 Å². The Hall–Kier alpha value is -2.72. The molecule has 0 amide bonds. The van der Waals surface area contributed by atoms with Crippen LogP contribution in [-0.4, -0.2) is 32.0 Å². The van der Waals surface area contributed by atoms with E-state index in [-0.39, 0.29) is 29.2 Å². The Labute approximate surface area is 151 Å². The molecule has 27 heavy (non-hydrogen) atoms. The van der Waals surface area contributed by atoms with Crippen molar-refractivity contribution >= 4 is 11.0 Å². The molecule has 3 aromatic rings. The molecule has 0 aliphatic rings. The maximum Gasteiger partial charge on any atom is 0.416 e. The lowest BCUT2D eigenvalue weighted by Crippen LogP contribution is -2.15. The van der Waals surface area contributed by atoms with Gasteiger partial charge < -0.3 is 14.8 Å². The minimum Gasteiger partial charge on any atom is -0.390 e. The molecule has 1 aromatic carbocycles. The average molecular weight is 382 g/mol. The molecule has 0 saturated carbocycles. The van der Waals surface area contributed by atoms with Crippen LogP contribution in [0.3, 0.4) is 0 Å². The van der Waals surface area contributed by atoms with Crippen molar-refractivity contribution in [2.24, 2.45) is 0 Å². The monoisotopic (exact) mass is 382 g/mol. The van der Waals surface area contributed by atoms with E-state index in [1.807, 2.05) is 0 Å². The number of fused-ring (bicyclic) bond motifs is 1. The van der Waals surface area contributed by atoms with Gasteiger partial charge in [0.15, 0.2) is 5.65 Å². The van der Waals surface area contributed by atoms with Gasteiger partial charge in [-0.2, -0.15) is 18.3 Å². The first-order valence-electron chi connectivity index (χ1n) is 8.03. The summed E-state index contributed by atoms with van der Waals surface area (Å²) in [6, 6.07) is 4.16. The van der Waals surface area contributed by atoms with Gasteiger partial charge in [-0.1, -0.05) is 12.1 Å². The Balaban J connectivity index is 2.11. The van der Waals surface area contributed by atoms with E-state index in [1.54, 1.807) is 6.92 Å². The fraction of sp³-hybridized carbons (Fsp3) is 0.353. The highest BCUT2D eigenvalue weighted by Gasteiger charge is 2.30. The van der Waals surface area contributed by atoms with Crippen LogP contribution < -0.4 is 5.56 Å². The predicted molar refractivity (Wildman–Crippen MR) is 90.0 cm³/mol. The van der Waals surface area contributed by atoms with Gasteiger partial charge >= 0.3 is 6.18 Å². The molecule has 0 saturated heterocycles. The zero-order valence-corrected chi connectivity index (χ0v) is 14.5. The van der Waals surface area contributed by atoms with Gasteiger partial charge in [-0.25, -0.2) is 9.67 Å². The quantitative estimate of drug-likeness (QED) is 0.707. The molecule has 0 fully saturated rings. The fourth-order valence-electron chi connectivity index (χ4n) is 2.84. The highest BCUT2D eigenvalue weighted by atomic mass is 19.4. The van der Waals surface area contributed by atoms with Gasteiger partial charge in [-0.15, -0.1) is 0 Å². The minimum absolute atomic E-state index is 0.0689. The third-order valence-corrected chi connectivity index (χ3v) is 4.20. The maximum absolute atomic E-state index is 12.8. The van der Waals surface area contributed by atoms with E-state index in [9.17, 15) is 23.1 Å². The van der Waals surface area contributed by atoms with Crippen LogP contribution in [0, 0.1) is 0 Å². The second-order valence-corrected chi connectivity index (χ2v) is 5.99. The van der Waals surface area contributed by atoms with E-state index < -0.39 is 29.9 Å². The number of nitrogens with one attached hydrogen (secondary N) is 1. The number of hydrogen-bond acceptors (Lipinski definition) is 5. The van der Waals surface area contributed by atoms with Crippen molar-refractivity contribution in [1.29, 1.82) is 0 Å². The first-order chi connectivity index (χ1) is 12.8. The normalized spacial score (nSPS) is 13.3. The van der Waals surface area contributed by atoms with Crippen LogP contribution in [0.5, 0.6) is 0 Å². The molecule has 1 atom stereocenters. The lowest BCUT2D eigenvalue weighted by molar-refractivity contribution is -0.137. The number of aliphatic hydroxyl groups is 1. The molecule has 0 bridgehead atoms. The number of aromatic amines is 1. The number of ether oxygens (including phenoxy) is 1. The van der Waals surface area contributed by atoms with Gasteiger partial charge in [-0.05, 0) is 24.6 Å². The van der Waals surface area contributed by atoms with Crippen LogP contribution in [0.1, 0.15) is 35.6 Å². The maximum atomic E-state index is 12.8. The summed E-state index contributed by atoms with van der Waals surface area (Å²) in [7, 11) is 1.45. The molecule has 2 heterocycles. The van der Waals surface area contributed by atoms with Crippen molar-refractivity contribution in [2.75, 3.05) is 7.11 Å². The Morgan fingerprint density at radius 3 is 2.52 bits per heavy atom. The number of methoxy groups -OCH3 is 1. The number of H-pyrrole nitrogens is 1. The summed E-state index contributed by atoms with van der Waals surface area (Å²) in [5.41, 5.74) is -0.310. The standard InChI is InChI=1S/C17H17F3N4O3/c1-9(10-3-5-11(6-4-10)17(18,19)20)24-15-14(12(7-25)23-24)16(26)22-13(21-15)8-27-2/h3-6,9,25H,7-8H2,1-2H3,(H,21,22,26)/t9-/m1/s1. The van der Waals surface area contributed by atoms with E-state index >= 15 is 0 Å². The number of benzene rings is 1. The second kappa shape index (κ2) is 7.12. The number of nitrogens with zero attached hydrogens (tertiary/aromatic N) is 3. The van der Waals surface area contributed by atoms with E-state index in [0.717, 1.165) is 12.1 Å². The molecule has 0 spiro atoms. The first-order valence-corrected chi connectivity index (χ1v) is 8.03. The highest BCUT2D eigenvalue weighted by Crippen LogP contribution is 2.31. The van der Waals surface area contributed by atoms with Gasteiger partial charge in [0.25, 0.3) is 5.56 Å². The second-order valence-electron chi connectivity index (χ2n) is 5.99. The predicted octanol–water partition coefficient (Wildman–Crippen LogP) is 2.39. The van der Waals surface area contributed by atoms with Crippen LogP contribution in [0.4, 0.5) is 13.2 Å². The molecule has 3 rings (SSSR count). The number of halogens is 3. The SMILES string of the molecule is COCc1nc2c(c(CO)nn2[C@H](C)c2ccc(C(F)(F)F)cc2)c(=O)[nH]1. The van der Waals surface area contributed by atoms with Gasteiger partial charge in [0.2, 0.25) is 0 Å². The summed E-state index contributed by atoms with van der Waals surface area (Å²) in [6.07, 6.45) is -4.42. The average Bonchev–Trinajstić information content (AvgIpc) is 3.00. The van der Waals surface area contributed by atoms with Crippen LogP contribution in [0.15, 0.2) is 29.1 Å². The molecule has 0 aliphatic heterocycles. The lowest BCUT2D eigenvalue weighted by atomic mass is 10.1. The highest BCUT2D eigenvalue weighted by molar-refractivity contribution is 5.77. The van der Waals surface area contributed by atoms with E-state index in [2.05, 4.69) is 15.1 Å². The number of alkyl halides is 3. The molecule has 2 N–H and O–H groups in total.